The van der Waals surface area contributed by atoms with Gasteiger partial charge in [0, 0.05) is 44.5 Å². The Labute approximate surface area is 186 Å². The van der Waals surface area contributed by atoms with Gasteiger partial charge < -0.3 is 20.0 Å². The van der Waals surface area contributed by atoms with Crippen molar-refractivity contribution in [1.82, 2.24) is 14.7 Å². The van der Waals surface area contributed by atoms with E-state index in [4.69, 9.17) is 11.6 Å². The highest BCUT2D eigenvalue weighted by Crippen LogP contribution is 2.24. The minimum absolute atomic E-state index is 0.0285. The van der Waals surface area contributed by atoms with Gasteiger partial charge >= 0.3 is 12.1 Å². The van der Waals surface area contributed by atoms with Crippen molar-refractivity contribution in [2.75, 3.05) is 31.5 Å². The number of hydrogen-bond acceptors (Lipinski definition) is 2. The summed E-state index contributed by atoms with van der Waals surface area (Å²) in [5.74, 6) is -0.521. The van der Waals surface area contributed by atoms with Gasteiger partial charge in [0.2, 0.25) is 0 Å². The summed E-state index contributed by atoms with van der Waals surface area (Å²) in [5, 5.41) is 2.73. The number of carbonyl (C=O) groups is 2. The summed E-state index contributed by atoms with van der Waals surface area (Å²) in [7, 11) is 0. The van der Waals surface area contributed by atoms with Crippen molar-refractivity contribution in [3.05, 3.63) is 64.4 Å². The lowest BCUT2D eigenvalue weighted by Gasteiger charge is -2.36. The van der Waals surface area contributed by atoms with Crippen molar-refractivity contribution in [1.29, 1.82) is 0 Å². The van der Waals surface area contributed by atoms with E-state index in [9.17, 15) is 14.0 Å². The first-order valence-electron chi connectivity index (χ1n) is 10.5. The maximum absolute atomic E-state index is 13.3. The Bertz CT molecular complexity index is 961. The molecule has 31 heavy (non-hydrogen) atoms. The Morgan fingerprint density at radius 3 is 2.48 bits per heavy atom. The minimum atomic E-state index is -0.521. The highest BCUT2D eigenvalue weighted by Gasteiger charge is 2.36. The Hall–Kier alpha value is -2.80. The molecule has 0 aromatic heterocycles. The van der Waals surface area contributed by atoms with Gasteiger partial charge in [-0.15, -0.1) is 0 Å². The predicted molar refractivity (Wildman–Crippen MR) is 119 cm³/mol. The predicted octanol–water partition coefficient (Wildman–Crippen LogP) is 4.72. The lowest BCUT2D eigenvalue weighted by molar-refractivity contribution is 0.139. The number of anilines is 1. The van der Waals surface area contributed by atoms with Crippen molar-refractivity contribution in [3.8, 4) is 0 Å². The van der Waals surface area contributed by atoms with Gasteiger partial charge in [0.15, 0.2) is 0 Å². The summed E-state index contributed by atoms with van der Waals surface area (Å²) < 4.78 is 13.3. The third kappa shape index (κ3) is 4.93. The Kier molecular flexibility index (Phi) is 6.32. The average molecular weight is 445 g/mol. The number of rotatable bonds is 4. The van der Waals surface area contributed by atoms with Crippen LogP contribution in [0.25, 0.3) is 0 Å². The Balaban J connectivity index is 1.28. The van der Waals surface area contributed by atoms with Crippen LogP contribution in [0.5, 0.6) is 0 Å². The zero-order chi connectivity index (χ0) is 22.0. The second kappa shape index (κ2) is 9.14. The third-order valence-corrected chi connectivity index (χ3v) is 6.27. The van der Waals surface area contributed by atoms with Crippen LogP contribution in [-0.4, -0.2) is 59.0 Å². The molecular formula is C23H26ClFN4O2. The van der Waals surface area contributed by atoms with Crippen molar-refractivity contribution < 1.29 is 14.0 Å². The highest BCUT2D eigenvalue weighted by atomic mass is 35.5. The molecule has 2 aliphatic heterocycles. The second-order valence-electron chi connectivity index (χ2n) is 8.16. The monoisotopic (exact) mass is 444 g/mol. The molecule has 4 amide bonds. The smallest absolute Gasteiger partial charge is 0.321 e. The summed E-state index contributed by atoms with van der Waals surface area (Å²) >= 11 is 5.78. The summed E-state index contributed by atoms with van der Waals surface area (Å²) in [4.78, 5) is 31.0. The molecule has 2 aromatic carbocycles. The fourth-order valence-corrected chi connectivity index (χ4v) is 4.34. The number of likely N-dealkylation sites (tertiary alicyclic amines) is 1. The van der Waals surface area contributed by atoms with Gasteiger partial charge in [0.05, 0.1) is 5.02 Å². The number of urea groups is 2. The van der Waals surface area contributed by atoms with Crippen LogP contribution in [0.1, 0.15) is 24.0 Å². The fraction of sp³-hybridized carbons (Fsp3) is 0.391. The maximum atomic E-state index is 13.3. The number of nitrogens with zero attached hydrogens (tertiary/aromatic N) is 3. The first kappa shape index (κ1) is 21.4. The first-order chi connectivity index (χ1) is 14.9. The topological polar surface area (TPSA) is 55.9 Å². The number of amides is 4. The Morgan fingerprint density at radius 1 is 1.10 bits per heavy atom. The lowest BCUT2D eigenvalue weighted by Crippen LogP contribution is -2.49. The Morgan fingerprint density at radius 2 is 1.81 bits per heavy atom. The highest BCUT2D eigenvalue weighted by molar-refractivity contribution is 6.31. The number of carbonyl (C=O) groups excluding carboxylic acids is 2. The zero-order valence-electron chi connectivity index (χ0n) is 17.5. The number of halogens is 2. The quantitative estimate of drug-likeness (QED) is 0.741. The molecule has 4 rings (SSSR count). The molecule has 6 nitrogen and oxygen atoms in total. The number of hydrogen-bond donors (Lipinski definition) is 1. The van der Waals surface area contributed by atoms with Crippen molar-refractivity contribution in [2.45, 2.75) is 32.4 Å². The zero-order valence-corrected chi connectivity index (χ0v) is 18.2. The number of aryl methyl sites for hydroxylation is 1. The van der Waals surface area contributed by atoms with Crippen LogP contribution in [0.15, 0.2) is 42.5 Å². The van der Waals surface area contributed by atoms with E-state index in [-0.39, 0.29) is 23.1 Å². The van der Waals surface area contributed by atoms with Gasteiger partial charge in [-0.3, -0.25) is 0 Å². The van der Waals surface area contributed by atoms with E-state index < -0.39 is 5.82 Å². The largest absolute Gasteiger partial charge is 0.324 e. The molecule has 2 aliphatic rings. The molecule has 0 saturated carbocycles. The molecule has 164 valence electrons. The first-order valence-corrected chi connectivity index (χ1v) is 10.9. The van der Waals surface area contributed by atoms with Crippen LogP contribution in [-0.2, 0) is 6.54 Å². The second-order valence-corrected chi connectivity index (χ2v) is 8.57. The fourth-order valence-electron chi connectivity index (χ4n) is 4.16. The summed E-state index contributed by atoms with van der Waals surface area (Å²) in [6.07, 6.45) is 1.48. The van der Waals surface area contributed by atoms with E-state index in [1.807, 2.05) is 16.7 Å². The third-order valence-electron chi connectivity index (χ3n) is 5.98. The van der Waals surface area contributed by atoms with E-state index in [1.54, 1.807) is 4.90 Å². The van der Waals surface area contributed by atoms with E-state index >= 15 is 0 Å². The molecule has 2 saturated heterocycles. The molecule has 0 atom stereocenters. The molecule has 2 heterocycles. The van der Waals surface area contributed by atoms with E-state index in [1.165, 1.54) is 23.8 Å². The van der Waals surface area contributed by atoms with Crippen LogP contribution >= 0.6 is 11.6 Å². The molecular weight excluding hydrogens is 419 g/mol. The molecule has 1 N–H and O–H groups in total. The van der Waals surface area contributed by atoms with Crippen LogP contribution in [0, 0.1) is 12.7 Å². The number of piperidine rings is 1. The van der Waals surface area contributed by atoms with Crippen molar-refractivity contribution in [2.24, 2.45) is 0 Å². The van der Waals surface area contributed by atoms with Gasteiger partial charge in [-0.25, -0.2) is 14.0 Å². The van der Waals surface area contributed by atoms with Crippen molar-refractivity contribution >= 4 is 29.4 Å². The van der Waals surface area contributed by atoms with Gasteiger partial charge in [-0.2, -0.15) is 0 Å². The summed E-state index contributed by atoms with van der Waals surface area (Å²) in [5.41, 5.74) is 2.80. The molecule has 0 spiro atoms. The standard InChI is InChI=1S/C23H26ClFN4O2/c1-16-2-4-17(5-3-16)15-28-12-13-29(23(28)31)19-8-10-27(11-9-19)22(30)26-18-6-7-21(25)20(24)14-18/h2-7,14,19H,8-13,15H2,1H3,(H,26,30). The molecule has 0 bridgehead atoms. The van der Waals surface area contributed by atoms with Gasteiger partial charge in [-0.05, 0) is 43.5 Å². The van der Waals surface area contributed by atoms with Gasteiger partial charge in [0.25, 0.3) is 0 Å². The number of benzene rings is 2. The van der Waals surface area contributed by atoms with Crippen LogP contribution < -0.4 is 5.32 Å². The molecule has 2 aromatic rings. The van der Waals surface area contributed by atoms with Crippen molar-refractivity contribution in [3.63, 3.8) is 0 Å². The number of nitrogens with one attached hydrogen (secondary N) is 1. The summed E-state index contributed by atoms with van der Waals surface area (Å²) in [6.45, 7) is 5.24. The summed E-state index contributed by atoms with van der Waals surface area (Å²) in [6, 6.07) is 12.3. The molecule has 0 radical (unpaired) electrons. The van der Waals surface area contributed by atoms with Crippen LogP contribution in [0.4, 0.5) is 19.7 Å². The molecule has 0 aliphatic carbocycles. The minimum Gasteiger partial charge on any atom is -0.324 e. The lowest BCUT2D eigenvalue weighted by atomic mass is 10.0. The van der Waals surface area contributed by atoms with Crippen LogP contribution in [0.3, 0.4) is 0 Å². The average Bonchev–Trinajstić information content (AvgIpc) is 3.12. The van der Waals surface area contributed by atoms with E-state index in [0.717, 1.165) is 31.5 Å². The van der Waals surface area contributed by atoms with E-state index in [0.29, 0.717) is 25.3 Å². The normalized spacial score (nSPS) is 17.4. The maximum Gasteiger partial charge on any atom is 0.321 e. The van der Waals surface area contributed by atoms with Gasteiger partial charge in [-0.1, -0.05) is 41.4 Å². The van der Waals surface area contributed by atoms with E-state index in [2.05, 4.69) is 29.6 Å². The molecule has 8 heteroatoms. The van der Waals surface area contributed by atoms with Gasteiger partial charge in [0.1, 0.15) is 5.82 Å². The SMILES string of the molecule is Cc1ccc(CN2CCN(C3CCN(C(=O)Nc4ccc(F)c(Cl)c4)CC3)C2=O)cc1. The van der Waals surface area contributed by atoms with Crippen LogP contribution in [0.2, 0.25) is 5.02 Å². The molecule has 2 fully saturated rings. The molecule has 0 unspecified atom stereocenters.